The highest BCUT2D eigenvalue weighted by atomic mass is 16.5. The van der Waals surface area contributed by atoms with Crippen molar-refractivity contribution in [3.8, 4) is 0 Å². The minimum Gasteiger partial charge on any atom is -0.481 e. The van der Waals surface area contributed by atoms with Crippen molar-refractivity contribution >= 4 is 11.9 Å². The van der Waals surface area contributed by atoms with Crippen molar-refractivity contribution in [3.05, 3.63) is 0 Å². The lowest BCUT2D eigenvalue weighted by molar-refractivity contribution is -0.149. The number of likely N-dealkylation sites (N-methyl/N-ethyl adjacent to an activating group) is 1. The zero-order valence-electron chi connectivity index (χ0n) is 7.16. The van der Waals surface area contributed by atoms with E-state index < -0.39 is 18.0 Å². The van der Waals surface area contributed by atoms with Gasteiger partial charge in [0.1, 0.15) is 6.04 Å². The van der Waals surface area contributed by atoms with E-state index in [1.165, 1.54) is 7.05 Å². The van der Waals surface area contributed by atoms with Gasteiger partial charge < -0.3 is 15.2 Å². The molecule has 5 nitrogen and oxygen atoms in total. The summed E-state index contributed by atoms with van der Waals surface area (Å²) in [4.78, 5) is 21.2. The molecule has 12 heavy (non-hydrogen) atoms. The number of hydrogen-bond acceptors (Lipinski definition) is 4. The number of carbonyl (C=O) groups excluding carboxylic acids is 1. The smallest absolute Gasteiger partial charge is 0.323 e. The molecule has 0 unspecified atom stereocenters. The molecule has 0 spiro atoms. The Morgan fingerprint density at radius 2 is 2.17 bits per heavy atom. The van der Waals surface area contributed by atoms with Crippen LogP contribution in [-0.2, 0) is 14.3 Å². The number of aliphatic carboxylic acids is 1. The molecule has 0 aromatic rings. The van der Waals surface area contributed by atoms with Crippen molar-refractivity contribution < 1.29 is 19.4 Å². The molecule has 0 saturated carbocycles. The molecule has 0 bridgehead atoms. The van der Waals surface area contributed by atoms with Gasteiger partial charge in [-0.05, 0) is 14.0 Å². The molecule has 0 aliphatic carbocycles. The van der Waals surface area contributed by atoms with Crippen LogP contribution < -0.4 is 5.32 Å². The summed E-state index contributed by atoms with van der Waals surface area (Å²) in [6.45, 7) is 1.93. The van der Waals surface area contributed by atoms with Gasteiger partial charge in [-0.15, -0.1) is 0 Å². The number of esters is 1. The summed E-state index contributed by atoms with van der Waals surface area (Å²) in [5.41, 5.74) is 0. The minimum absolute atomic E-state index is 0.255. The molecule has 1 atom stereocenters. The van der Waals surface area contributed by atoms with Crippen LogP contribution in [0.15, 0.2) is 0 Å². The minimum atomic E-state index is -1.03. The molecular weight excluding hydrogens is 162 g/mol. The molecular formula is C7H13NO4. The van der Waals surface area contributed by atoms with Crippen molar-refractivity contribution in [2.45, 2.75) is 19.4 Å². The van der Waals surface area contributed by atoms with Gasteiger partial charge in [-0.25, -0.2) is 0 Å². The summed E-state index contributed by atoms with van der Waals surface area (Å²) in [6, 6.07) is -0.748. The lowest BCUT2D eigenvalue weighted by Gasteiger charge is -2.11. The second-order valence-corrected chi connectivity index (χ2v) is 2.19. The van der Waals surface area contributed by atoms with Crippen molar-refractivity contribution in [2.24, 2.45) is 0 Å². The van der Waals surface area contributed by atoms with Crippen molar-refractivity contribution in [2.75, 3.05) is 13.7 Å². The highest BCUT2D eigenvalue weighted by molar-refractivity contribution is 5.81. The second-order valence-electron chi connectivity index (χ2n) is 2.19. The Morgan fingerprint density at radius 1 is 1.58 bits per heavy atom. The lowest BCUT2D eigenvalue weighted by atomic mass is 10.2. The predicted molar refractivity (Wildman–Crippen MR) is 41.7 cm³/mol. The van der Waals surface area contributed by atoms with Crippen LogP contribution in [0.3, 0.4) is 0 Å². The van der Waals surface area contributed by atoms with Gasteiger partial charge in [-0.2, -0.15) is 0 Å². The Hall–Kier alpha value is -1.10. The summed E-state index contributed by atoms with van der Waals surface area (Å²) in [5, 5.41) is 10.9. The first-order valence-corrected chi connectivity index (χ1v) is 3.67. The third kappa shape index (κ3) is 3.92. The summed E-state index contributed by atoms with van der Waals surface area (Å²) >= 11 is 0. The van der Waals surface area contributed by atoms with E-state index in [0.717, 1.165) is 0 Å². The number of rotatable bonds is 5. The van der Waals surface area contributed by atoms with Gasteiger partial charge >= 0.3 is 11.9 Å². The second kappa shape index (κ2) is 5.54. The summed E-state index contributed by atoms with van der Waals surface area (Å²) in [6.07, 6.45) is -0.255. The van der Waals surface area contributed by atoms with Crippen LogP contribution in [0, 0.1) is 0 Å². The normalized spacial score (nSPS) is 12.2. The molecule has 0 aromatic carbocycles. The van der Waals surface area contributed by atoms with Crippen LogP contribution in [0.25, 0.3) is 0 Å². The summed E-state index contributed by atoms with van der Waals surface area (Å²) < 4.78 is 4.63. The van der Waals surface area contributed by atoms with E-state index in [2.05, 4.69) is 10.1 Å². The quantitative estimate of drug-likeness (QED) is 0.557. The molecule has 5 heteroatoms. The average Bonchev–Trinajstić information content (AvgIpc) is 2.00. The van der Waals surface area contributed by atoms with E-state index >= 15 is 0 Å². The Bertz CT molecular complexity index is 169. The first-order chi connectivity index (χ1) is 5.61. The number of carboxylic acids is 1. The van der Waals surface area contributed by atoms with Crippen LogP contribution in [0.5, 0.6) is 0 Å². The molecule has 0 saturated heterocycles. The summed E-state index contributed by atoms with van der Waals surface area (Å²) in [7, 11) is 1.52. The van der Waals surface area contributed by atoms with E-state index in [0.29, 0.717) is 0 Å². The van der Waals surface area contributed by atoms with Crippen LogP contribution in [-0.4, -0.2) is 36.7 Å². The fraction of sp³-hybridized carbons (Fsp3) is 0.714. The highest BCUT2D eigenvalue weighted by Crippen LogP contribution is 1.94. The van der Waals surface area contributed by atoms with E-state index in [1.807, 2.05) is 0 Å². The maximum Gasteiger partial charge on any atom is 0.323 e. The van der Waals surface area contributed by atoms with Gasteiger partial charge in [0.05, 0.1) is 13.0 Å². The Labute approximate surface area is 70.7 Å². The number of nitrogens with one attached hydrogen (secondary N) is 1. The number of carboxylic acid groups (broad SMARTS) is 1. The third-order valence-electron chi connectivity index (χ3n) is 1.30. The average molecular weight is 175 g/mol. The molecule has 2 N–H and O–H groups in total. The zero-order valence-corrected chi connectivity index (χ0v) is 7.16. The van der Waals surface area contributed by atoms with E-state index in [4.69, 9.17) is 5.11 Å². The molecule has 0 aliphatic heterocycles. The van der Waals surface area contributed by atoms with Crippen molar-refractivity contribution in [3.63, 3.8) is 0 Å². The number of carbonyl (C=O) groups is 2. The SMILES string of the molecule is CCOC(=O)[C@H](CC(=O)O)NC. The summed E-state index contributed by atoms with van der Waals surface area (Å²) in [5.74, 6) is -1.55. The van der Waals surface area contributed by atoms with E-state index in [1.54, 1.807) is 6.92 Å². The van der Waals surface area contributed by atoms with Gasteiger partial charge in [0, 0.05) is 0 Å². The van der Waals surface area contributed by atoms with E-state index in [9.17, 15) is 9.59 Å². The molecule has 0 amide bonds. The van der Waals surface area contributed by atoms with Gasteiger partial charge in [-0.1, -0.05) is 0 Å². The van der Waals surface area contributed by atoms with Crippen molar-refractivity contribution in [1.29, 1.82) is 0 Å². The topological polar surface area (TPSA) is 75.6 Å². The van der Waals surface area contributed by atoms with Gasteiger partial charge in [0.2, 0.25) is 0 Å². The third-order valence-corrected chi connectivity index (χ3v) is 1.30. The van der Waals surface area contributed by atoms with Gasteiger partial charge in [0.15, 0.2) is 0 Å². The van der Waals surface area contributed by atoms with Crippen LogP contribution in [0.4, 0.5) is 0 Å². The van der Waals surface area contributed by atoms with Crippen LogP contribution in [0.1, 0.15) is 13.3 Å². The predicted octanol–water partition coefficient (Wildman–Crippen LogP) is -0.388. The molecule has 0 rings (SSSR count). The molecule has 0 aromatic heterocycles. The fourth-order valence-corrected chi connectivity index (χ4v) is 0.721. The fourth-order valence-electron chi connectivity index (χ4n) is 0.721. The largest absolute Gasteiger partial charge is 0.481 e. The standard InChI is InChI=1S/C7H13NO4/c1-3-12-7(11)5(8-2)4-6(9)10/h5,8H,3-4H2,1-2H3,(H,9,10)/t5-/m0/s1. The maximum absolute atomic E-state index is 11.0. The molecule has 0 aliphatic rings. The number of hydrogen-bond donors (Lipinski definition) is 2. The maximum atomic E-state index is 11.0. The van der Waals surface area contributed by atoms with Crippen LogP contribution >= 0.6 is 0 Å². The zero-order chi connectivity index (χ0) is 9.56. The number of ether oxygens (including phenoxy) is 1. The molecule has 0 fully saturated rings. The first kappa shape index (κ1) is 10.9. The van der Waals surface area contributed by atoms with Crippen molar-refractivity contribution in [1.82, 2.24) is 5.32 Å². The van der Waals surface area contributed by atoms with E-state index in [-0.39, 0.29) is 13.0 Å². The monoisotopic (exact) mass is 175 g/mol. The molecule has 70 valence electrons. The highest BCUT2D eigenvalue weighted by Gasteiger charge is 2.20. The van der Waals surface area contributed by atoms with Gasteiger partial charge in [-0.3, -0.25) is 9.59 Å². The van der Waals surface area contributed by atoms with Crippen LogP contribution in [0.2, 0.25) is 0 Å². The van der Waals surface area contributed by atoms with Gasteiger partial charge in [0.25, 0.3) is 0 Å². The molecule has 0 heterocycles. The molecule has 0 radical (unpaired) electrons. The Kier molecular flexibility index (Phi) is 5.03. The Balaban J connectivity index is 3.96. The first-order valence-electron chi connectivity index (χ1n) is 3.67. The lowest BCUT2D eigenvalue weighted by Crippen LogP contribution is -2.37. The Morgan fingerprint density at radius 3 is 2.50 bits per heavy atom.